The van der Waals surface area contributed by atoms with Gasteiger partial charge in [0, 0.05) is 17.6 Å². The lowest BCUT2D eigenvalue weighted by molar-refractivity contribution is 0.569. The Morgan fingerprint density at radius 1 is 1.00 bits per heavy atom. The minimum absolute atomic E-state index is 0.0608. The molecule has 10 heteroatoms. The van der Waals surface area contributed by atoms with Crippen LogP contribution in [0.15, 0.2) is 40.1 Å². The molecule has 0 saturated heterocycles. The van der Waals surface area contributed by atoms with Crippen LogP contribution in [0.25, 0.3) is 0 Å². The van der Waals surface area contributed by atoms with Crippen molar-refractivity contribution in [3.63, 3.8) is 0 Å². The summed E-state index contributed by atoms with van der Waals surface area (Å²) >= 11 is 12.3. The number of halogens is 2. The summed E-state index contributed by atoms with van der Waals surface area (Å²) in [5.74, 6) is 0. The van der Waals surface area contributed by atoms with Crippen molar-refractivity contribution in [3.05, 3.63) is 57.1 Å². The zero-order chi connectivity index (χ0) is 21.3. The van der Waals surface area contributed by atoms with E-state index in [2.05, 4.69) is 9.44 Å². The first-order chi connectivity index (χ1) is 12.8. The standard InChI is InChI=1S/C18H22Cl2N2O4S2/c1-11(2)22-27(23,24)15-7-5-6-14(9-15)10-21-28(25,26)18-13(4)16(19)8-12(3)17(18)20/h5-9,11,21-22H,10H2,1-4H3. The summed E-state index contributed by atoms with van der Waals surface area (Å²) in [6.45, 7) is 6.58. The Morgan fingerprint density at radius 2 is 1.64 bits per heavy atom. The predicted octanol–water partition coefficient (Wildman–Crippen LogP) is 3.78. The molecule has 0 aliphatic heterocycles. The van der Waals surface area contributed by atoms with Crippen LogP contribution in [0.4, 0.5) is 0 Å². The molecule has 0 aromatic heterocycles. The van der Waals surface area contributed by atoms with E-state index in [0.717, 1.165) is 0 Å². The highest BCUT2D eigenvalue weighted by molar-refractivity contribution is 7.90. The van der Waals surface area contributed by atoms with Gasteiger partial charge in [0.2, 0.25) is 20.0 Å². The SMILES string of the molecule is Cc1cc(Cl)c(C)c(S(=O)(=O)NCc2cccc(S(=O)(=O)NC(C)C)c2)c1Cl. The number of benzene rings is 2. The maximum absolute atomic E-state index is 12.8. The van der Waals surface area contributed by atoms with Crippen LogP contribution in [0.5, 0.6) is 0 Å². The van der Waals surface area contributed by atoms with Crippen LogP contribution in [0.1, 0.15) is 30.5 Å². The van der Waals surface area contributed by atoms with Gasteiger partial charge in [-0.05, 0) is 62.6 Å². The van der Waals surface area contributed by atoms with Crippen molar-refractivity contribution >= 4 is 43.2 Å². The summed E-state index contributed by atoms with van der Waals surface area (Å²) in [5.41, 5.74) is 1.38. The molecular formula is C18H22Cl2N2O4S2. The van der Waals surface area contributed by atoms with Crippen LogP contribution in [0.2, 0.25) is 10.0 Å². The Kier molecular flexibility index (Phi) is 7.17. The van der Waals surface area contributed by atoms with E-state index in [4.69, 9.17) is 23.2 Å². The summed E-state index contributed by atoms with van der Waals surface area (Å²) in [6.07, 6.45) is 0. The van der Waals surface area contributed by atoms with Gasteiger partial charge in [-0.3, -0.25) is 0 Å². The van der Waals surface area contributed by atoms with Crippen molar-refractivity contribution in [2.45, 2.75) is 50.1 Å². The Bertz CT molecular complexity index is 1070. The maximum atomic E-state index is 12.8. The number of nitrogens with one attached hydrogen (secondary N) is 2. The third-order valence-electron chi connectivity index (χ3n) is 3.92. The molecule has 0 saturated carbocycles. The van der Waals surface area contributed by atoms with Crippen molar-refractivity contribution in [1.82, 2.24) is 9.44 Å². The second-order valence-electron chi connectivity index (χ2n) is 6.69. The topological polar surface area (TPSA) is 92.3 Å². The average Bonchev–Trinajstić information content (AvgIpc) is 2.57. The van der Waals surface area contributed by atoms with Gasteiger partial charge in [0.25, 0.3) is 0 Å². The lowest BCUT2D eigenvalue weighted by atomic mass is 10.2. The number of sulfonamides is 2. The van der Waals surface area contributed by atoms with E-state index in [0.29, 0.717) is 21.7 Å². The molecule has 154 valence electrons. The first-order valence-corrected chi connectivity index (χ1v) is 12.1. The molecule has 2 rings (SSSR count). The van der Waals surface area contributed by atoms with E-state index in [1.807, 2.05) is 0 Å². The average molecular weight is 465 g/mol. The fourth-order valence-corrected chi connectivity index (χ4v) is 6.13. The Morgan fingerprint density at radius 3 is 2.25 bits per heavy atom. The predicted molar refractivity (Wildman–Crippen MR) is 112 cm³/mol. The van der Waals surface area contributed by atoms with Crippen molar-refractivity contribution in [3.8, 4) is 0 Å². The second-order valence-corrected chi connectivity index (χ2v) is 10.9. The largest absolute Gasteiger partial charge is 0.242 e. The number of hydrogen-bond acceptors (Lipinski definition) is 4. The highest BCUT2D eigenvalue weighted by Gasteiger charge is 2.24. The molecule has 2 aromatic carbocycles. The Balaban J connectivity index is 2.31. The molecule has 2 aromatic rings. The Hall–Kier alpha value is -1.16. The maximum Gasteiger partial charge on any atom is 0.242 e. The zero-order valence-electron chi connectivity index (χ0n) is 15.9. The Labute approximate surface area is 176 Å². The van der Waals surface area contributed by atoms with Crippen LogP contribution in [0, 0.1) is 13.8 Å². The van der Waals surface area contributed by atoms with Gasteiger partial charge in [-0.25, -0.2) is 26.3 Å². The van der Waals surface area contributed by atoms with Gasteiger partial charge in [0.1, 0.15) is 4.90 Å². The van der Waals surface area contributed by atoms with Crippen molar-refractivity contribution in [1.29, 1.82) is 0 Å². The molecule has 0 heterocycles. The molecular weight excluding hydrogens is 443 g/mol. The van der Waals surface area contributed by atoms with Gasteiger partial charge in [-0.2, -0.15) is 0 Å². The number of hydrogen-bond donors (Lipinski definition) is 2. The molecule has 0 aliphatic carbocycles. The molecule has 0 spiro atoms. The van der Waals surface area contributed by atoms with Gasteiger partial charge < -0.3 is 0 Å². The third kappa shape index (κ3) is 5.25. The minimum atomic E-state index is -3.96. The highest BCUT2D eigenvalue weighted by atomic mass is 35.5. The number of rotatable bonds is 7. The van der Waals surface area contributed by atoms with Crippen molar-refractivity contribution in [2.75, 3.05) is 0 Å². The minimum Gasteiger partial charge on any atom is -0.209 e. The molecule has 0 fully saturated rings. The van der Waals surface area contributed by atoms with Crippen LogP contribution in [-0.2, 0) is 26.6 Å². The van der Waals surface area contributed by atoms with E-state index in [1.54, 1.807) is 45.9 Å². The molecule has 28 heavy (non-hydrogen) atoms. The fourth-order valence-electron chi connectivity index (χ4n) is 2.58. The molecule has 0 bridgehead atoms. The van der Waals surface area contributed by atoms with Crippen LogP contribution in [-0.4, -0.2) is 22.9 Å². The van der Waals surface area contributed by atoms with Gasteiger partial charge in [0.05, 0.1) is 9.92 Å². The van der Waals surface area contributed by atoms with Gasteiger partial charge in [0.15, 0.2) is 0 Å². The van der Waals surface area contributed by atoms with E-state index >= 15 is 0 Å². The van der Waals surface area contributed by atoms with E-state index in [1.165, 1.54) is 12.1 Å². The summed E-state index contributed by atoms with van der Waals surface area (Å²) in [4.78, 5) is -0.0184. The van der Waals surface area contributed by atoms with Crippen LogP contribution in [0.3, 0.4) is 0 Å². The third-order valence-corrected chi connectivity index (χ3v) is 8.14. The highest BCUT2D eigenvalue weighted by Crippen LogP contribution is 2.33. The van der Waals surface area contributed by atoms with Crippen LogP contribution < -0.4 is 9.44 Å². The monoisotopic (exact) mass is 464 g/mol. The molecule has 0 unspecified atom stereocenters. The normalized spacial score (nSPS) is 12.5. The quantitative estimate of drug-likeness (QED) is 0.651. The number of aryl methyl sites for hydroxylation is 1. The molecule has 0 amide bonds. The van der Waals surface area contributed by atoms with Crippen molar-refractivity contribution in [2.24, 2.45) is 0 Å². The lowest BCUT2D eigenvalue weighted by Gasteiger charge is -2.15. The molecule has 2 N–H and O–H groups in total. The van der Waals surface area contributed by atoms with Gasteiger partial charge in [-0.15, -0.1) is 0 Å². The van der Waals surface area contributed by atoms with E-state index < -0.39 is 20.0 Å². The first-order valence-electron chi connectivity index (χ1n) is 8.41. The fraction of sp³-hybridized carbons (Fsp3) is 0.333. The molecule has 6 nitrogen and oxygen atoms in total. The van der Waals surface area contributed by atoms with E-state index in [-0.39, 0.29) is 27.4 Å². The molecule has 0 radical (unpaired) electrons. The second kappa shape index (κ2) is 8.69. The zero-order valence-corrected chi connectivity index (χ0v) is 19.0. The first kappa shape index (κ1) is 23.1. The van der Waals surface area contributed by atoms with Gasteiger partial charge >= 0.3 is 0 Å². The summed E-state index contributed by atoms with van der Waals surface area (Å²) in [5, 5.41) is 0.405. The van der Waals surface area contributed by atoms with Gasteiger partial charge in [-0.1, -0.05) is 35.3 Å². The summed E-state index contributed by atoms with van der Waals surface area (Å²) in [6, 6.07) is 7.40. The molecule has 0 atom stereocenters. The van der Waals surface area contributed by atoms with Crippen LogP contribution >= 0.6 is 23.2 Å². The van der Waals surface area contributed by atoms with E-state index in [9.17, 15) is 16.8 Å². The summed E-state index contributed by atoms with van der Waals surface area (Å²) < 4.78 is 55.1. The van der Waals surface area contributed by atoms with Crippen molar-refractivity contribution < 1.29 is 16.8 Å². The smallest absolute Gasteiger partial charge is 0.209 e. The molecule has 0 aliphatic rings. The summed E-state index contributed by atoms with van der Waals surface area (Å²) in [7, 11) is -7.64. The lowest BCUT2D eigenvalue weighted by Crippen LogP contribution is -2.30.